The Morgan fingerprint density at radius 1 is 1.03 bits per heavy atom. The first-order valence-corrected chi connectivity index (χ1v) is 11.9. The minimum atomic E-state index is 0.949. The van der Waals surface area contributed by atoms with Crippen LogP contribution in [0, 0.1) is 0 Å². The summed E-state index contributed by atoms with van der Waals surface area (Å²) >= 11 is 0. The Hall–Kier alpha value is -2.59. The highest BCUT2D eigenvalue weighted by Crippen LogP contribution is 2.33. The van der Waals surface area contributed by atoms with Crippen molar-refractivity contribution in [3.63, 3.8) is 0 Å². The molecule has 3 aromatic rings. The smallest absolute Gasteiger partial charge is 0.0675 e. The molecule has 4 nitrogen and oxygen atoms in total. The molecule has 5 rings (SSSR count). The predicted molar refractivity (Wildman–Crippen MR) is 132 cm³/mol. The largest absolute Gasteiger partial charge is 0.367 e. The Morgan fingerprint density at radius 3 is 2.71 bits per heavy atom. The molecule has 0 unspecified atom stereocenters. The second kappa shape index (κ2) is 8.88. The van der Waals surface area contributed by atoms with Gasteiger partial charge >= 0.3 is 0 Å². The zero-order valence-corrected chi connectivity index (χ0v) is 18.8. The molecule has 1 aromatic heterocycles. The second-order valence-corrected chi connectivity index (χ2v) is 9.11. The van der Waals surface area contributed by atoms with Crippen LogP contribution in [0.4, 0.5) is 11.4 Å². The van der Waals surface area contributed by atoms with E-state index in [2.05, 4.69) is 69.8 Å². The lowest BCUT2D eigenvalue weighted by atomic mass is 10.0. The Morgan fingerprint density at radius 2 is 1.90 bits per heavy atom. The summed E-state index contributed by atoms with van der Waals surface area (Å²) in [6.07, 6.45) is 7.26. The summed E-state index contributed by atoms with van der Waals surface area (Å²) in [5, 5.41) is 1.37. The van der Waals surface area contributed by atoms with Crippen LogP contribution in [0.2, 0.25) is 0 Å². The van der Waals surface area contributed by atoms with Gasteiger partial charge in [-0.25, -0.2) is 0 Å². The third kappa shape index (κ3) is 4.14. The number of aliphatic imine (C=N–C) groups is 1. The molecule has 0 amide bonds. The maximum absolute atomic E-state index is 4.39. The topological polar surface area (TPSA) is 34.6 Å². The van der Waals surface area contributed by atoms with Gasteiger partial charge in [-0.3, -0.25) is 4.99 Å². The second-order valence-electron chi connectivity index (χ2n) is 9.11. The number of piperidine rings is 1. The Balaban J connectivity index is 1.34. The molecular weight excluding hydrogens is 380 g/mol. The van der Waals surface area contributed by atoms with E-state index in [1.54, 1.807) is 0 Å². The molecule has 162 valence electrons. The first-order chi connectivity index (χ1) is 15.2. The first-order valence-electron chi connectivity index (χ1n) is 11.9. The van der Waals surface area contributed by atoms with Crippen molar-refractivity contribution >= 4 is 29.0 Å². The Kier molecular flexibility index (Phi) is 5.82. The van der Waals surface area contributed by atoms with Crippen molar-refractivity contribution in [1.29, 1.82) is 0 Å². The van der Waals surface area contributed by atoms with E-state index in [0.717, 1.165) is 44.6 Å². The van der Waals surface area contributed by atoms with Crippen LogP contribution in [0.3, 0.4) is 0 Å². The molecule has 0 bridgehead atoms. The van der Waals surface area contributed by atoms with E-state index in [1.165, 1.54) is 71.3 Å². The number of hydrogen-bond donors (Lipinski definition) is 1. The lowest BCUT2D eigenvalue weighted by Crippen LogP contribution is -2.31. The third-order valence-corrected chi connectivity index (χ3v) is 7.20. The van der Waals surface area contributed by atoms with E-state index < -0.39 is 0 Å². The van der Waals surface area contributed by atoms with Gasteiger partial charge in [-0.05, 0) is 74.8 Å². The van der Waals surface area contributed by atoms with Gasteiger partial charge in [-0.2, -0.15) is 0 Å². The summed E-state index contributed by atoms with van der Waals surface area (Å²) in [6.45, 7) is 11.7. The molecule has 1 N–H and O–H groups in total. The van der Waals surface area contributed by atoms with Gasteiger partial charge in [-0.15, -0.1) is 0 Å². The zero-order valence-electron chi connectivity index (χ0n) is 18.8. The van der Waals surface area contributed by atoms with Crippen molar-refractivity contribution in [3.05, 3.63) is 58.8 Å². The van der Waals surface area contributed by atoms with Crippen LogP contribution in [0.25, 0.3) is 10.9 Å². The zero-order chi connectivity index (χ0) is 21.2. The molecule has 4 heteroatoms. The summed E-state index contributed by atoms with van der Waals surface area (Å²) in [7, 11) is 0. The van der Waals surface area contributed by atoms with E-state index in [9.17, 15) is 0 Å². The van der Waals surface area contributed by atoms with Crippen molar-refractivity contribution in [1.82, 2.24) is 9.88 Å². The van der Waals surface area contributed by atoms with Crippen LogP contribution >= 0.6 is 0 Å². The SMILES string of the molecule is C=Nc1cc(N2CCc3[nH]c4cc(CC)ccc4c3C2)ccc1CCN1CCCCC1. The van der Waals surface area contributed by atoms with Gasteiger partial charge in [0.25, 0.3) is 0 Å². The number of aryl methyl sites for hydroxylation is 1. The standard InChI is InChI=1S/C27H34N4/c1-3-20-7-10-23-24-19-31(16-12-25(24)29-27(23)17-20)22-9-8-21(26(18-22)28-2)11-15-30-13-5-4-6-14-30/h7-10,17-18,29H,2-6,11-16,19H2,1H3. The van der Waals surface area contributed by atoms with E-state index in [-0.39, 0.29) is 0 Å². The van der Waals surface area contributed by atoms with Gasteiger partial charge in [-0.1, -0.05) is 31.5 Å². The summed E-state index contributed by atoms with van der Waals surface area (Å²) in [5.74, 6) is 0. The van der Waals surface area contributed by atoms with Crippen molar-refractivity contribution in [3.8, 4) is 0 Å². The van der Waals surface area contributed by atoms with E-state index in [1.807, 2.05) is 0 Å². The Bertz CT molecular complexity index is 1070. The van der Waals surface area contributed by atoms with Crippen LogP contribution in [0.1, 0.15) is 48.6 Å². The molecule has 0 spiro atoms. The molecule has 0 radical (unpaired) electrons. The summed E-state index contributed by atoms with van der Waals surface area (Å²) < 4.78 is 0. The molecule has 0 aliphatic carbocycles. The predicted octanol–water partition coefficient (Wildman–Crippen LogP) is 5.65. The van der Waals surface area contributed by atoms with Crippen molar-refractivity contribution in [2.24, 2.45) is 4.99 Å². The van der Waals surface area contributed by atoms with Crippen molar-refractivity contribution in [2.45, 2.75) is 52.0 Å². The normalized spacial score (nSPS) is 17.1. The minimum absolute atomic E-state index is 0.949. The van der Waals surface area contributed by atoms with Gasteiger partial charge < -0.3 is 14.8 Å². The van der Waals surface area contributed by atoms with Crippen molar-refractivity contribution < 1.29 is 0 Å². The molecule has 31 heavy (non-hydrogen) atoms. The monoisotopic (exact) mass is 414 g/mol. The lowest BCUT2D eigenvalue weighted by molar-refractivity contribution is 0.231. The fourth-order valence-electron chi connectivity index (χ4n) is 5.28. The molecule has 2 aliphatic rings. The molecule has 1 saturated heterocycles. The van der Waals surface area contributed by atoms with Gasteiger partial charge in [0, 0.05) is 53.9 Å². The van der Waals surface area contributed by atoms with E-state index >= 15 is 0 Å². The van der Waals surface area contributed by atoms with Crippen molar-refractivity contribution in [2.75, 3.05) is 31.1 Å². The van der Waals surface area contributed by atoms with E-state index in [4.69, 9.17) is 0 Å². The highest BCUT2D eigenvalue weighted by Gasteiger charge is 2.22. The third-order valence-electron chi connectivity index (χ3n) is 7.20. The van der Waals surface area contributed by atoms with Crippen LogP contribution < -0.4 is 4.90 Å². The average molecular weight is 415 g/mol. The average Bonchev–Trinajstić information content (AvgIpc) is 3.20. The number of nitrogens with one attached hydrogen (secondary N) is 1. The maximum Gasteiger partial charge on any atom is 0.0675 e. The van der Waals surface area contributed by atoms with Gasteiger partial charge in [0.05, 0.1) is 5.69 Å². The molecule has 2 aliphatic heterocycles. The number of rotatable bonds is 6. The van der Waals surface area contributed by atoms with Crippen LogP contribution in [0.5, 0.6) is 0 Å². The first kappa shape index (κ1) is 20.3. The number of likely N-dealkylation sites (tertiary alicyclic amines) is 1. The van der Waals surface area contributed by atoms with Gasteiger partial charge in [0.2, 0.25) is 0 Å². The van der Waals surface area contributed by atoms with Gasteiger partial charge in [0.15, 0.2) is 0 Å². The maximum atomic E-state index is 4.39. The summed E-state index contributed by atoms with van der Waals surface area (Å²) in [6, 6.07) is 13.7. The van der Waals surface area contributed by atoms with Crippen LogP contribution in [0.15, 0.2) is 41.4 Å². The molecule has 0 saturated carbocycles. The van der Waals surface area contributed by atoms with E-state index in [0.29, 0.717) is 0 Å². The van der Waals surface area contributed by atoms with Crippen LogP contribution in [-0.2, 0) is 25.8 Å². The number of H-pyrrole nitrogens is 1. The molecular formula is C27H34N4. The Labute approximate surface area is 186 Å². The number of hydrogen-bond acceptors (Lipinski definition) is 3. The molecule has 1 fully saturated rings. The quantitative estimate of drug-likeness (QED) is 0.529. The highest BCUT2D eigenvalue weighted by atomic mass is 15.1. The molecule has 2 aromatic carbocycles. The van der Waals surface area contributed by atoms with Gasteiger partial charge in [0.1, 0.15) is 0 Å². The number of nitrogens with zero attached hydrogens (tertiary/aromatic N) is 3. The number of anilines is 1. The molecule has 3 heterocycles. The fraction of sp³-hybridized carbons (Fsp3) is 0.444. The lowest BCUT2D eigenvalue weighted by Gasteiger charge is -2.30. The minimum Gasteiger partial charge on any atom is -0.367 e. The van der Waals surface area contributed by atoms with Crippen LogP contribution in [-0.4, -0.2) is 42.8 Å². The number of aromatic amines is 1. The fourth-order valence-corrected chi connectivity index (χ4v) is 5.28. The molecule has 0 atom stereocenters. The summed E-state index contributed by atoms with van der Waals surface area (Å²) in [5.41, 5.74) is 9.16. The highest BCUT2D eigenvalue weighted by molar-refractivity contribution is 5.86. The summed E-state index contributed by atoms with van der Waals surface area (Å²) in [4.78, 5) is 13.2. The number of benzene rings is 2. The number of fused-ring (bicyclic) bond motifs is 3. The number of aromatic nitrogens is 1.